The highest BCUT2D eigenvalue weighted by Crippen LogP contribution is 2.29. The van der Waals surface area contributed by atoms with E-state index < -0.39 is 42.7 Å². The predicted molar refractivity (Wildman–Crippen MR) is 44.5 cm³/mol. The molecule has 0 unspecified atom stereocenters. The highest BCUT2D eigenvalue weighted by Gasteiger charge is 2.58. The van der Waals surface area contributed by atoms with Crippen molar-refractivity contribution in [2.24, 2.45) is 5.73 Å². The summed E-state index contributed by atoms with van der Waals surface area (Å²) in [6.07, 6.45) is -6.50. The Hall–Kier alpha value is -0.770. The molecule has 1 aliphatic heterocycles. The number of rotatable bonds is 3. The first kappa shape index (κ1) is 12.3. The molecule has 88 valence electrons. The van der Waals surface area contributed by atoms with Crippen LogP contribution in [0.2, 0.25) is 0 Å². The SMILES string of the molecule is N[C@@]1(C(=O)O)O[C@H]([C@@H](O)CO)[C@H](O)[C@@H]1O. The molecule has 1 fully saturated rings. The molecule has 8 nitrogen and oxygen atoms in total. The molecule has 1 rings (SSSR count). The van der Waals surface area contributed by atoms with Gasteiger partial charge in [0, 0.05) is 0 Å². The highest BCUT2D eigenvalue weighted by atomic mass is 16.6. The van der Waals surface area contributed by atoms with Crippen LogP contribution in [-0.4, -0.2) is 68.2 Å². The summed E-state index contributed by atoms with van der Waals surface area (Å²) in [6.45, 7) is -0.746. The van der Waals surface area contributed by atoms with Gasteiger partial charge in [-0.05, 0) is 0 Å². The molecule has 0 aliphatic carbocycles. The number of hydrogen-bond acceptors (Lipinski definition) is 7. The molecule has 0 amide bonds. The van der Waals surface area contributed by atoms with Crippen LogP contribution in [0.1, 0.15) is 0 Å². The lowest BCUT2D eigenvalue weighted by Gasteiger charge is -2.22. The van der Waals surface area contributed by atoms with Crippen LogP contribution in [0.25, 0.3) is 0 Å². The van der Waals surface area contributed by atoms with Gasteiger partial charge in [-0.3, -0.25) is 5.73 Å². The van der Waals surface area contributed by atoms with E-state index in [-0.39, 0.29) is 0 Å². The first-order valence-corrected chi connectivity index (χ1v) is 4.19. The topological polar surface area (TPSA) is 153 Å². The summed E-state index contributed by atoms with van der Waals surface area (Å²) >= 11 is 0. The summed E-state index contributed by atoms with van der Waals surface area (Å²) in [5.41, 5.74) is 2.72. The van der Waals surface area contributed by atoms with Gasteiger partial charge in [-0.15, -0.1) is 0 Å². The monoisotopic (exact) mass is 223 g/mol. The molecule has 0 bridgehead atoms. The standard InChI is InChI=1S/C7H13NO7/c8-7(6(13)14)5(12)3(11)4(15-7)2(10)1-9/h2-5,9-12H,1,8H2,(H,13,14)/t2-,3-,4+,5-,7+/m0/s1. The van der Waals surface area contributed by atoms with Gasteiger partial charge < -0.3 is 30.3 Å². The molecule has 0 aromatic heterocycles. The number of ether oxygens (including phenoxy) is 1. The summed E-state index contributed by atoms with van der Waals surface area (Å²) in [5.74, 6) is -1.67. The molecule has 1 saturated heterocycles. The van der Waals surface area contributed by atoms with Crippen molar-refractivity contribution in [1.82, 2.24) is 0 Å². The van der Waals surface area contributed by atoms with Gasteiger partial charge >= 0.3 is 5.97 Å². The summed E-state index contributed by atoms with van der Waals surface area (Å²) in [6, 6.07) is 0. The Kier molecular flexibility index (Phi) is 3.28. The summed E-state index contributed by atoms with van der Waals surface area (Å²) in [4.78, 5) is 10.7. The Balaban J connectivity index is 2.89. The van der Waals surface area contributed by atoms with Crippen molar-refractivity contribution in [2.45, 2.75) is 30.1 Å². The lowest BCUT2D eigenvalue weighted by atomic mass is 10.0. The molecule has 8 heteroatoms. The lowest BCUT2D eigenvalue weighted by molar-refractivity contribution is -0.177. The fourth-order valence-electron chi connectivity index (χ4n) is 1.38. The smallest absolute Gasteiger partial charge is 0.354 e. The molecule has 0 spiro atoms. The zero-order valence-electron chi connectivity index (χ0n) is 7.65. The van der Waals surface area contributed by atoms with Crippen molar-refractivity contribution in [3.63, 3.8) is 0 Å². The third-order valence-corrected chi connectivity index (χ3v) is 2.33. The van der Waals surface area contributed by atoms with E-state index in [1.807, 2.05) is 0 Å². The third kappa shape index (κ3) is 1.83. The van der Waals surface area contributed by atoms with Crippen LogP contribution in [0, 0.1) is 0 Å². The number of aliphatic carboxylic acids is 1. The molecule has 0 saturated carbocycles. The first-order valence-electron chi connectivity index (χ1n) is 4.19. The summed E-state index contributed by atoms with van der Waals surface area (Å²) in [7, 11) is 0. The molecule has 7 N–H and O–H groups in total. The molecule has 0 aromatic rings. The minimum absolute atomic E-state index is 0.746. The van der Waals surface area contributed by atoms with Crippen LogP contribution in [0.4, 0.5) is 0 Å². The first-order chi connectivity index (χ1) is 6.84. The fraction of sp³-hybridized carbons (Fsp3) is 0.857. The number of nitrogens with two attached hydrogens (primary N) is 1. The maximum Gasteiger partial charge on any atom is 0.354 e. The second kappa shape index (κ2) is 4.00. The molecule has 1 heterocycles. The largest absolute Gasteiger partial charge is 0.478 e. The van der Waals surface area contributed by atoms with Crippen molar-refractivity contribution in [1.29, 1.82) is 0 Å². The molecule has 15 heavy (non-hydrogen) atoms. The predicted octanol–water partition coefficient (Wildman–Crippen LogP) is -3.80. The maximum atomic E-state index is 10.7. The second-order valence-corrected chi connectivity index (χ2v) is 3.37. The number of carbonyl (C=O) groups is 1. The van der Waals surface area contributed by atoms with Crippen molar-refractivity contribution in [3.8, 4) is 0 Å². The average molecular weight is 223 g/mol. The second-order valence-electron chi connectivity index (χ2n) is 3.37. The van der Waals surface area contributed by atoms with E-state index in [1.54, 1.807) is 0 Å². The number of aliphatic hydroxyl groups is 4. The van der Waals surface area contributed by atoms with Gasteiger partial charge in [-0.2, -0.15) is 0 Å². The highest BCUT2D eigenvalue weighted by molar-refractivity contribution is 5.78. The minimum atomic E-state index is -2.47. The quantitative estimate of drug-likeness (QED) is 0.285. The molecule has 0 radical (unpaired) electrons. The van der Waals surface area contributed by atoms with Gasteiger partial charge in [-0.1, -0.05) is 0 Å². The van der Waals surface area contributed by atoms with Gasteiger partial charge in [0.1, 0.15) is 24.4 Å². The van der Waals surface area contributed by atoms with Crippen LogP contribution < -0.4 is 5.73 Å². The van der Waals surface area contributed by atoms with Crippen molar-refractivity contribution >= 4 is 5.97 Å². The van der Waals surface area contributed by atoms with Gasteiger partial charge in [0.15, 0.2) is 0 Å². The zero-order chi connectivity index (χ0) is 11.8. The molecular formula is C7H13NO7. The van der Waals surface area contributed by atoms with Crippen LogP contribution in [0.15, 0.2) is 0 Å². The third-order valence-electron chi connectivity index (χ3n) is 2.33. The Bertz CT molecular complexity index is 260. The number of carboxylic acids is 1. The van der Waals surface area contributed by atoms with E-state index in [0.29, 0.717) is 0 Å². The van der Waals surface area contributed by atoms with E-state index in [2.05, 4.69) is 4.74 Å². The zero-order valence-corrected chi connectivity index (χ0v) is 7.65. The Morgan fingerprint density at radius 3 is 2.40 bits per heavy atom. The van der Waals surface area contributed by atoms with Crippen LogP contribution in [0.5, 0.6) is 0 Å². The lowest BCUT2D eigenvalue weighted by Crippen LogP contribution is -2.57. The van der Waals surface area contributed by atoms with Crippen LogP contribution >= 0.6 is 0 Å². The van der Waals surface area contributed by atoms with Crippen molar-refractivity contribution in [2.75, 3.05) is 6.61 Å². The Morgan fingerprint density at radius 1 is 1.53 bits per heavy atom. The molecular weight excluding hydrogens is 210 g/mol. The van der Waals surface area contributed by atoms with E-state index >= 15 is 0 Å². The van der Waals surface area contributed by atoms with Crippen molar-refractivity contribution < 1.29 is 35.1 Å². The fourth-order valence-corrected chi connectivity index (χ4v) is 1.38. The molecule has 5 atom stereocenters. The Labute approximate surface area is 84.5 Å². The number of carboxylic acid groups (broad SMARTS) is 1. The minimum Gasteiger partial charge on any atom is -0.478 e. The van der Waals surface area contributed by atoms with Gasteiger partial charge in [0.05, 0.1) is 6.61 Å². The van der Waals surface area contributed by atoms with Crippen molar-refractivity contribution in [3.05, 3.63) is 0 Å². The summed E-state index contributed by atoms with van der Waals surface area (Å²) < 4.78 is 4.66. The van der Waals surface area contributed by atoms with Crippen LogP contribution in [0.3, 0.4) is 0 Å². The van der Waals surface area contributed by atoms with Gasteiger partial charge in [-0.25, -0.2) is 4.79 Å². The van der Waals surface area contributed by atoms with E-state index in [4.69, 9.17) is 21.1 Å². The summed E-state index contributed by atoms with van der Waals surface area (Å²) in [5, 5.41) is 45.1. The van der Waals surface area contributed by atoms with E-state index in [1.165, 1.54) is 0 Å². The molecule has 1 aliphatic rings. The van der Waals surface area contributed by atoms with E-state index in [9.17, 15) is 15.0 Å². The maximum absolute atomic E-state index is 10.7. The van der Waals surface area contributed by atoms with Gasteiger partial charge in [0.25, 0.3) is 0 Å². The Morgan fingerprint density at radius 2 is 2.07 bits per heavy atom. The number of aliphatic hydroxyl groups excluding tert-OH is 4. The number of hydrogen-bond donors (Lipinski definition) is 6. The molecule has 0 aromatic carbocycles. The average Bonchev–Trinajstić information content (AvgIpc) is 2.43. The van der Waals surface area contributed by atoms with Crippen LogP contribution in [-0.2, 0) is 9.53 Å². The normalized spacial score (nSPS) is 42.9. The van der Waals surface area contributed by atoms with Gasteiger partial charge in [0.2, 0.25) is 5.72 Å². The van der Waals surface area contributed by atoms with E-state index in [0.717, 1.165) is 0 Å².